The predicted molar refractivity (Wildman–Crippen MR) is 133 cm³/mol. The van der Waals surface area contributed by atoms with Crippen LogP contribution in [0.25, 0.3) is 5.57 Å². The van der Waals surface area contributed by atoms with Gasteiger partial charge in [-0.2, -0.15) is 0 Å². The molecule has 0 amide bonds. The Balaban J connectivity index is 1.33. The van der Waals surface area contributed by atoms with Crippen LogP contribution in [0.4, 0.5) is 10.1 Å². The molecule has 0 bridgehead atoms. The molecule has 0 aliphatic heterocycles. The molecule has 0 radical (unpaired) electrons. The van der Waals surface area contributed by atoms with E-state index in [1.54, 1.807) is 12.3 Å². The number of benzene rings is 1. The highest BCUT2D eigenvalue weighted by Crippen LogP contribution is 2.63. The van der Waals surface area contributed by atoms with Gasteiger partial charge in [0.2, 0.25) is 10.0 Å². The Morgan fingerprint density at radius 1 is 1.26 bits per heavy atom. The second-order valence-corrected chi connectivity index (χ2v) is 12.1. The molecule has 6 nitrogen and oxygen atoms in total. The van der Waals surface area contributed by atoms with Gasteiger partial charge in [0.1, 0.15) is 5.82 Å². The number of hydrogen-bond acceptors (Lipinski definition) is 5. The molecular formula is C27H31FN2O4S. The van der Waals surface area contributed by atoms with E-state index in [2.05, 4.69) is 33.5 Å². The molecule has 8 heteroatoms. The van der Waals surface area contributed by atoms with Crippen molar-refractivity contribution in [2.24, 2.45) is 17.3 Å². The molecule has 4 atom stereocenters. The van der Waals surface area contributed by atoms with Crippen molar-refractivity contribution in [2.45, 2.75) is 51.4 Å². The Kier molecular flexibility index (Phi) is 6.20. The second-order valence-electron chi connectivity index (χ2n) is 10.3. The lowest BCUT2D eigenvalue weighted by molar-refractivity contribution is -0.140. The van der Waals surface area contributed by atoms with E-state index in [-0.39, 0.29) is 23.4 Å². The quantitative estimate of drug-likeness (QED) is 0.562. The van der Waals surface area contributed by atoms with Gasteiger partial charge in [0.15, 0.2) is 0 Å². The molecule has 3 aliphatic rings. The van der Waals surface area contributed by atoms with Crippen molar-refractivity contribution in [1.82, 2.24) is 4.98 Å². The molecule has 0 unspecified atom stereocenters. The van der Waals surface area contributed by atoms with Crippen LogP contribution in [0.5, 0.6) is 0 Å². The number of nitrogens with one attached hydrogen (secondary N) is 1. The van der Waals surface area contributed by atoms with Crippen molar-refractivity contribution >= 4 is 27.3 Å². The first-order valence-electron chi connectivity index (χ1n) is 12.2. The molecule has 3 aliphatic carbocycles. The molecule has 186 valence electrons. The average Bonchev–Trinajstić information content (AvgIpc) is 3.19. The van der Waals surface area contributed by atoms with Gasteiger partial charge in [-0.1, -0.05) is 19.1 Å². The van der Waals surface area contributed by atoms with Crippen LogP contribution < -0.4 is 4.72 Å². The topological polar surface area (TPSA) is 85.4 Å². The molecule has 0 spiro atoms. The number of esters is 1. The number of anilines is 1. The minimum absolute atomic E-state index is 0.0172. The predicted octanol–water partition coefficient (Wildman–Crippen LogP) is 5.08. The van der Waals surface area contributed by atoms with E-state index in [1.807, 2.05) is 12.1 Å². The Morgan fingerprint density at radius 3 is 2.86 bits per heavy atom. The molecule has 1 saturated carbocycles. The summed E-state index contributed by atoms with van der Waals surface area (Å²) in [5, 5.41) is 0. The second kappa shape index (κ2) is 9.04. The van der Waals surface area contributed by atoms with Crippen molar-refractivity contribution < 1.29 is 22.3 Å². The minimum atomic E-state index is -3.63. The van der Waals surface area contributed by atoms with Gasteiger partial charge >= 0.3 is 5.97 Å². The molecular weight excluding hydrogens is 467 g/mol. The lowest BCUT2D eigenvalue weighted by atomic mass is 9.54. The first-order valence-corrected chi connectivity index (χ1v) is 13.9. The number of aryl methyl sites for hydroxylation is 1. The van der Waals surface area contributed by atoms with Gasteiger partial charge in [0.25, 0.3) is 0 Å². The summed E-state index contributed by atoms with van der Waals surface area (Å²) in [6.45, 7) is 2.33. The summed E-state index contributed by atoms with van der Waals surface area (Å²) in [4.78, 5) is 15.4. The number of nitrogens with zero attached hydrogens (tertiary/aromatic N) is 1. The van der Waals surface area contributed by atoms with Crippen LogP contribution >= 0.6 is 0 Å². The van der Waals surface area contributed by atoms with E-state index in [0.717, 1.165) is 37.7 Å². The maximum atomic E-state index is 13.9. The molecule has 0 saturated heterocycles. The SMILES string of the molecule is COC(=O)CCS(=O)(=O)Nc1ccc2c(c1)CC[C@@H]1[C@@H]2CC[C@]2(C)C(c3cncc(F)c3)=CC[C@@H]12. The third-order valence-corrected chi connectivity index (χ3v) is 9.69. The molecule has 1 fully saturated rings. The number of pyridine rings is 1. The number of aromatic nitrogens is 1. The highest BCUT2D eigenvalue weighted by atomic mass is 32.2. The molecule has 1 aromatic carbocycles. The summed E-state index contributed by atoms with van der Waals surface area (Å²) < 4.78 is 45.8. The largest absolute Gasteiger partial charge is 0.469 e. The van der Waals surface area contributed by atoms with Crippen molar-refractivity contribution in [1.29, 1.82) is 0 Å². The Bertz CT molecular complexity index is 1290. The van der Waals surface area contributed by atoms with Crippen molar-refractivity contribution in [3.05, 3.63) is 65.2 Å². The standard InChI is InChI=1S/C27H31FN2O4S/c1-27-11-9-22-21-6-4-20(30-35(32,33)12-10-26(31)34-2)14-17(21)3-5-23(22)25(27)8-7-24(27)18-13-19(28)16-29-15-18/h4,6-7,13-16,22-23,25,30H,3,5,8-12H2,1-2H3/t22-,23-,25+,27-/m1/s1. The number of fused-ring (bicyclic) bond motifs is 5. The molecule has 1 heterocycles. The maximum absolute atomic E-state index is 13.9. The van der Waals surface area contributed by atoms with Crippen LogP contribution in [0.2, 0.25) is 0 Å². The van der Waals surface area contributed by atoms with E-state index in [1.165, 1.54) is 30.0 Å². The summed E-state index contributed by atoms with van der Waals surface area (Å²) >= 11 is 0. The minimum Gasteiger partial charge on any atom is -0.469 e. The number of sulfonamides is 1. The Labute approximate surface area is 206 Å². The number of allylic oxidation sites excluding steroid dienone is 2. The third-order valence-electron chi connectivity index (χ3n) is 8.40. The van der Waals surface area contributed by atoms with Gasteiger partial charge in [0, 0.05) is 11.9 Å². The smallest absolute Gasteiger partial charge is 0.306 e. The fourth-order valence-electron chi connectivity index (χ4n) is 6.77. The van der Waals surface area contributed by atoms with Crippen LogP contribution in [0.15, 0.2) is 42.7 Å². The van der Waals surface area contributed by atoms with Crippen LogP contribution in [0.1, 0.15) is 61.6 Å². The molecule has 5 rings (SSSR count). The van der Waals surface area contributed by atoms with Crippen molar-refractivity contribution in [3.63, 3.8) is 0 Å². The summed E-state index contributed by atoms with van der Waals surface area (Å²) in [5.41, 5.74) is 5.20. The van der Waals surface area contributed by atoms with Gasteiger partial charge < -0.3 is 4.74 Å². The van der Waals surface area contributed by atoms with Gasteiger partial charge in [-0.25, -0.2) is 12.8 Å². The van der Waals surface area contributed by atoms with Crippen molar-refractivity contribution in [2.75, 3.05) is 17.6 Å². The number of rotatable bonds is 6. The normalized spacial score (nSPS) is 27.3. The maximum Gasteiger partial charge on any atom is 0.306 e. The summed E-state index contributed by atoms with van der Waals surface area (Å²) in [5.74, 6) is 0.336. The average molecular weight is 499 g/mol. The zero-order valence-corrected chi connectivity index (χ0v) is 20.9. The molecule has 2 aromatic rings. The van der Waals surface area contributed by atoms with Crippen LogP contribution in [0, 0.1) is 23.1 Å². The van der Waals surface area contributed by atoms with E-state index < -0.39 is 16.0 Å². The van der Waals surface area contributed by atoms with Crippen molar-refractivity contribution in [3.8, 4) is 0 Å². The monoisotopic (exact) mass is 498 g/mol. The summed E-state index contributed by atoms with van der Waals surface area (Å²) in [6.07, 6.45) is 10.2. The van der Waals surface area contributed by atoms with Crippen LogP contribution in [-0.4, -0.2) is 32.2 Å². The third kappa shape index (κ3) is 4.48. The van der Waals surface area contributed by atoms with Gasteiger partial charge in [-0.15, -0.1) is 0 Å². The number of carbonyl (C=O) groups excluding carboxylic acids is 1. The number of hydrogen-bond donors (Lipinski definition) is 1. The Hall–Kier alpha value is -2.74. The van der Waals surface area contributed by atoms with Gasteiger partial charge in [0.05, 0.1) is 25.5 Å². The zero-order chi connectivity index (χ0) is 24.8. The number of carbonyl (C=O) groups is 1. The zero-order valence-electron chi connectivity index (χ0n) is 20.1. The first kappa shape index (κ1) is 24.0. The number of methoxy groups -OCH3 is 1. The molecule has 1 aromatic heterocycles. The molecule has 35 heavy (non-hydrogen) atoms. The van der Waals surface area contributed by atoms with Gasteiger partial charge in [-0.3, -0.25) is 14.5 Å². The lowest BCUT2D eigenvalue weighted by Crippen LogP contribution is -2.40. The van der Waals surface area contributed by atoms with E-state index in [4.69, 9.17) is 0 Å². The lowest BCUT2D eigenvalue weighted by Gasteiger charge is -2.50. The molecule has 1 N–H and O–H groups in total. The summed E-state index contributed by atoms with van der Waals surface area (Å²) in [7, 11) is -2.39. The highest BCUT2D eigenvalue weighted by molar-refractivity contribution is 7.92. The van der Waals surface area contributed by atoms with Crippen LogP contribution in [-0.2, 0) is 26.0 Å². The fourth-order valence-corrected chi connectivity index (χ4v) is 7.79. The van der Waals surface area contributed by atoms with Gasteiger partial charge in [-0.05, 0) is 95.7 Å². The fraction of sp³-hybridized carbons (Fsp3) is 0.481. The van der Waals surface area contributed by atoms with E-state index in [0.29, 0.717) is 23.4 Å². The summed E-state index contributed by atoms with van der Waals surface area (Å²) in [6, 6.07) is 7.46. The Morgan fingerprint density at radius 2 is 2.09 bits per heavy atom. The highest BCUT2D eigenvalue weighted by Gasteiger charge is 2.52. The van der Waals surface area contributed by atoms with Crippen LogP contribution in [0.3, 0.4) is 0 Å². The van der Waals surface area contributed by atoms with E-state index in [9.17, 15) is 17.6 Å². The number of halogens is 1. The number of ether oxygens (including phenoxy) is 1. The van der Waals surface area contributed by atoms with E-state index >= 15 is 0 Å². The first-order chi connectivity index (χ1) is 16.7.